The van der Waals surface area contributed by atoms with Gasteiger partial charge in [-0.25, -0.2) is 0 Å². The van der Waals surface area contributed by atoms with Crippen LogP contribution in [0.1, 0.15) is 5.69 Å². The van der Waals surface area contributed by atoms with Gasteiger partial charge in [-0.15, -0.1) is 0 Å². The Hall–Kier alpha value is -2.83. The molecule has 21 heavy (non-hydrogen) atoms. The van der Waals surface area contributed by atoms with Crippen LogP contribution >= 0.6 is 0 Å². The minimum Gasteiger partial charge on any atom is -0.490 e. The Morgan fingerprint density at radius 1 is 1.33 bits per heavy atom. The van der Waals surface area contributed by atoms with Crippen molar-refractivity contribution in [3.63, 3.8) is 0 Å². The number of nitrogens with zero attached hydrogens (tertiary/aromatic N) is 2. The molecule has 0 amide bonds. The van der Waals surface area contributed by atoms with E-state index in [1.165, 1.54) is 19.2 Å². The number of hydrogen-bond donors (Lipinski definition) is 1. The number of pyridine rings is 1. The van der Waals surface area contributed by atoms with Gasteiger partial charge < -0.3 is 14.8 Å². The van der Waals surface area contributed by atoms with Crippen molar-refractivity contribution in [2.75, 3.05) is 19.5 Å². The van der Waals surface area contributed by atoms with Gasteiger partial charge in [0.05, 0.1) is 23.8 Å². The predicted molar refractivity (Wildman–Crippen MR) is 77.8 cm³/mol. The fourth-order valence-electron chi connectivity index (χ4n) is 1.77. The quantitative estimate of drug-likeness (QED) is 0.649. The van der Waals surface area contributed by atoms with Crippen molar-refractivity contribution < 1.29 is 14.4 Å². The van der Waals surface area contributed by atoms with Crippen LogP contribution in [0.3, 0.4) is 0 Å². The molecule has 0 aliphatic rings. The number of hydrogen-bond acceptors (Lipinski definition) is 6. The van der Waals surface area contributed by atoms with Gasteiger partial charge in [-0.2, -0.15) is 0 Å². The highest BCUT2D eigenvalue weighted by Gasteiger charge is 2.15. The van der Waals surface area contributed by atoms with Gasteiger partial charge in [-0.05, 0) is 24.3 Å². The monoisotopic (exact) mass is 289 g/mol. The molecule has 0 bridgehead atoms. The molecule has 0 saturated heterocycles. The summed E-state index contributed by atoms with van der Waals surface area (Å²) in [6.07, 6.45) is 1.67. The second kappa shape index (κ2) is 6.56. The number of nitrogens with one attached hydrogen (secondary N) is 1. The van der Waals surface area contributed by atoms with E-state index in [4.69, 9.17) is 9.47 Å². The lowest BCUT2D eigenvalue weighted by Gasteiger charge is -2.08. The van der Waals surface area contributed by atoms with Crippen LogP contribution in [0.4, 0.5) is 11.4 Å². The van der Waals surface area contributed by atoms with Crippen LogP contribution in [0.25, 0.3) is 0 Å². The van der Waals surface area contributed by atoms with E-state index in [9.17, 15) is 10.1 Å². The highest BCUT2D eigenvalue weighted by atomic mass is 16.6. The SMILES string of the molecule is CNc1ccnc(COc2ccc(OC)c([N+](=O)[O-])c2)c1. The normalized spacial score (nSPS) is 10.0. The van der Waals surface area contributed by atoms with E-state index in [0.717, 1.165) is 11.4 Å². The summed E-state index contributed by atoms with van der Waals surface area (Å²) in [6.45, 7) is 0.221. The maximum absolute atomic E-state index is 10.9. The lowest BCUT2D eigenvalue weighted by Crippen LogP contribution is -2.00. The van der Waals surface area contributed by atoms with Gasteiger partial charge in [0.2, 0.25) is 0 Å². The van der Waals surface area contributed by atoms with Crippen LogP contribution in [0, 0.1) is 10.1 Å². The molecule has 2 aromatic rings. The third-order valence-electron chi connectivity index (χ3n) is 2.84. The summed E-state index contributed by atoms with van der Waals surface area (Å²) >= 11 is 0. The Morgan fingerprint density at radius 3 is 2.81 bits per heavy atom. The summed E-state index contributed by atoms with van der Waals surface area (Å²) in [5.74, 6) is 0.585. The lowest BCUT2D eigenvalue weighted by atomic mass is 10.2. The molecule has 0 fully saturated rings. The summed E-state index contributed by atoms with van der Waals surface area (Å²) in [7, 11) is 3.20. The minimum atomic E-state index is -0.508. The highest BCUT2D eigenvalue weighted by molar-refractivity contribution is 5.51. The number of rotatable bonds is 6. The van der Waals surface area contributed by atoms with Gasteiger partial charge in [-0.3, -0.25) is 15.1 Å². The number of methoxy groups -OCH3 is 1. The zero-order valence-electron chi connectivity index (χ0n) is 11.7. The summed E-state index contributed by atoms with van der Waals surface area (Å²) in [5.41, 5.74) is 1.51. The fourth-order valence-corrected chi connectivity index (χ4v) is 1.77. The van der Waals surface area contributed by atoms with Gasteiger partial charge in [0, 0.05) is 18.9 Å². The van der Waals surface area contributed by atoms with Gasteiger partial charge in [0.1, 0.15) is 12.4 Å². The van der Waals surface area contributed by atoms with Crippen LogP contribution in [0.5, 0.6) is 11.5 Å². The van der Waals surface area contributed by atoms with E-state index in [2.05, 4.69) is 10.3 Å². The van der Waals surface area contributed by atoms with Crippen molar-refractivity contribution in [1.82, 2.24) is 4.98 Å². The first-order valence-corrected chi connectivity index (χ1v) is 6.22. The van der Waals surface area contributed by atoms with Crippen molar-refractivity contribution in [2.45, 2.75) is 6.61 Å². The third-order valence-corrected chi connectivity index (χ3v) is 2.84. The minimum absolute atomic E-state index is 0.132. The molecular weight excluding hydrogens is 274 g/mol. The molecule has 1 aromatic heterocycles. The Labute approximate surface area is 121 Å². The number of aromatic nitrogens is 1. The largest absolute Gasteiger partial charge is 0.490 e. The summed E-state index contributed by atoms with van der Waals surface area (Å²) in [5, 5.41) is 13.9. The average Bonchev–Trinajstić information content (AvgIpc) is 2.52. The van der Waals surface area contributed by atoms with E-state index in [-0.39, 0.29) is 18.0 Å². The fraction of sp³-hybridized carbons (Fsp3) is 0.214. The van der Waals surface area contributed by atoms with E-state index >= 15 is 0 Å². The van der Waals surface area contributed by atoms with Gasteiger partial charge in [-0.1, -0.05) is 0 Å². The molecule has 0 aliphatic carbocycles. The van der Waals surface area contributed by atoms with E-state index < -0.39 is 4.92 Å². The molecular formula is C14H15N3O4. The molecule has 7 nitrogen and oxygen atoms in total. The molecule has 2 rings (SSSR count). The topological polar surface area (TPSA) is 86.5 Å². The number of nitro groups is 1. The Morgan fingerprint density at radius 2 is 2.14 bits per heavy atom. The molecule has 0 unspecified atom stereocenters. The lowest BCUT2D eigenvalue weighted by molar-refractivity contribution is -0.385. The first-order chi connectivity index (χ1) is 10.1. The first kappa shape index (κ1) is 14.6. The van der Waals surface area contributed by atoms with Crippen molar-refractivity contribution in [3.8, 4) is 11.5 Å². The smallest absolute Gasteiger partial charge is 0.314 e. The second-order valence-electron chi connectivity index (χ2n) is 4.17. The zero-order chi connectivity index (χ0) is 15.2. The standard InChI is InChI=1S/C14H15N3O4/c1-15-10-5-6-16-11(7-10)9-21-12-3-4-14(20-2)13(8-12)17(18)19/h3-8H,9H2,1-2H3,(H,15,16). The van der Waals surface area contributed by atoms with Gasteiger partial charge in [0.15, 0.2) is 5.75 Å². The third kappa shape index (κ3) is 3.59. The van der Waals surface area contributed by atoms with Crippen LogP contribution < -0.4 is 14.8 Å². The summed E-state index contributed by atoms with van der Waals surface area (Å²) < 4.78 is 10.5. The summed E-state index contributed by atoms with van der Waals surface area (Å²) in [6, 6.07) is 8.14. The zero-order valence-corrected chi connectivity index (χ0v) is 11.7. The molecule has 1 aromatic carbocycles. The molecule has 1 N–H and O–H groups in total. The van der Waals surface area contributed by atoms with Gasteiger partial charge >= 0.3 is 5.69 Å². The van der Waals surface area contributed by atoms with Gasteiger partial charge in [0.25, 0.3) is 0 Å². The Bertz CT molecular complexity index is 646. The molecule has 7 heteroatoms. The Balaban J connectivity index is 2.12. The average molecular weight is 289 g/mol. The van der Waals surface area contributed by atoms with Crippen LogP contribution in [0.2, 0.25) is 0 Å². The molecule has 0 saturated carbocycles. The van der Waals surface area contributed by atoms with Crippen LogP contribution in [0.15, 0.2) is 36.5 Å². The predicted octanol–water partition coefficient (Wildman–Crippen LogP) is 2.62. The first-order valence-electron chi connectivity index (χ1n) is 6.22. The van der Waals surface area contributed by atoms with Crippen LogP contribution in [-0.2, 0) is 6.61 Å². The second-order valence-corrected chi connectivity index (χ2v) is 4.17. The van der Waals surface area contributed by atoms with E-state index in [1.54, 1.807) is 12.3 Å². The molecule has 0 radical (unpaired) electrons. The van der Waals surface area contributed by atoms with Crippen molar-refractivity contribution in [3.05, 3.63) is 52.3 Å². The Kier molecular flexibility index (Phi) is 4.55. The van der Waals surface area contributed by atoms with Crippen LogP contribution in [-0.4, -0.2) is 24.1 Å². The van der Waals surface area contributed by atoms with Crippen molar-refractivity contribution in [2.24, 2.45) is 0 Å². The number of ether oxygens (including phenoxy) is 2. The molecule has 1 heterocycles. The highest BCUT2D eigenvalue weighted by Crippen LogP contribution is 2.31. The number of nitro benzene ring substituents is 1. The summed E-state index contributed by atoms with van der Waals surface area (Å²) in [4.78, 5) is 14.6. The maximum atomic E-state index is 10.9. The maximum Gasteiger partial charge on any atom is 0.314 e. The molecule has 0 atom stereocenters. The number of benzene rings is 1. The van der Waals surface area contributed by atoms with Crippen molar-refractivity contribution >= 4 is 11.4 Å². The molecule has 110 valence electrons. The molecule has 0 spiro atoms. The number of anilines is 1. The molecule has 0 aliphatic heterocycles. The van der Waals surface area contributed by atoms with E-state index in [0.29, 0.717) is 5.75 Å². The van der Waals surface area contributed by atoms with E-state index in [1.807, 2.05) is 19.2 Å². The van der Waals surface area contributed by atoms with Crippen molar-refractivity contribution in [1.29, 1.82) is 0 Å².